The molecular formula is C12H20N2O. The van der Waals surface area contributed by atoms with Crippen molar-refractivity contribution in [2.75, 3.05) is 18.9 Å². The van der Waals surface area contributed by atoms with E-state index in [2.05, 4.69) is 19.2 Å². The van der Waals surface area contributed by atoms with E-state index < -0.39 is 0 Å². The van der Waals surface area contributed by atoms with Crippen LogP contribution < -0.4 is 15.8 Å². The van der Waals surface area contributed by atoms with E-state index in [1.807, 2.05) is 24.3 Å². The topological polar surface area (TPSA) is 47.3 Å². The first-order valence-electron chi connectivity index (χ1n) is 5.44. The zero-order valence-corrected chi connectivity index (χ0v) is 9.49. The fourth-order valence-corrected chi connectivity index (χ4v) is 1.18. The SMILES string of the molecule is CCC(C)NCCOc1ccc(N)cc1. The second-order valence-electron chi connectivity index (χ2n) is 3.68. The third kappa shape index (κ3) is 4.70. The second kappa shape index (κ2) is 6.30. The van der Waals surface area contributed by atoms with Gasteiger partial charge in [0.25, 0.3) is 0 Å². The van der Waals surface area contributed by atoms with Gasteiger partial charge in [0.15, 0.2) is 0 Å². The van der Waals surface area contributed by atoms with E-state index in [1.54, 1.807) is 0 Å². The second-order valence-corrected chi connectivity index (χ2v) is 3.68. The van der Waals surface area contributed by atoms with Gasteiger partial charge in [0.1, 0.15) is 12.4 Å². The van der Waals surface area contributed by atoms with Crippen molar-refractivity contribution >= 4 is 5.69 Å². The summed E-state index contributed by atoms with van der Waals surface area (Å²) in [5.41, 5.74) is 6.34. The Labute approximate surface area is 91.6 Å². The van der Waals surface area contributed by atoms with Gasteiger partial charge in [-0.05, 0) is 37.6 Å². The molecule has 1 aromatic rings. The highest BCUT2D eigenvalue weighted by molar-refractivity contribution is 5.41. The van der Waals surface area contributed by atoms with E-state index in [4.69, 9.17) is 10.5 Å². The number of hydrogen-bond donors (Lipinski definition) is 2. The van der Waals surface area contributed by atoms with Crippen molar-refractivity contribution in [2.45, 2.75) is 26.3 Å². The van der Waals surface area contributed by atoms with Gasteiger partial charge in [-0.1, -0.05) is 6.92 Å². The molecule has 0 saturated heterocycles. The average molecular weight is 208 g/mol. The summed E-state index contributed by atoms with van der Waals surface area (Å²) in [7, 11) is 0. The molecule has 1 rings (SSSR count). The van der Waals surface area contributed by atoms with Crippen LogP contribution in [0.2, 0.25) is 0 Å². The summed E-state index contributed by atoms with van der Waals surface area (Å²) < 4.78 is 5.54. The Bertz CT molecular complexity index is 271. The van der Waals surface area contributed by atoms with E-state index in [9.17, 15) is 0 Å². The number of nitrogens with two attached hydrogens (primary N) is 1. The third-order valence-corrected chi connectivity index (χ3v) is 2.36. The molecule has 0 bridgehead atoms. The Kier molecular flexibility index (Phi) is 4.98. The Morgan fingerprint density at radius 2 is 2.00 bits per heavy atom. The number of nitrogen functional groups attached to an aromatic ring is 1. The Morgan fingerprint density at radius 1 is 1.33 bits per heavy atom. The lowest BCUT2D eigenvalue weighted by molar-refractivity contribution is 0.306. The minimum absolute atomic E-state index is 0.556. The quantitative estimate of drug-likeness (QED) is 0.555. The van der Waals surface area contributed by atoms with Crippen LogP contribution in [-0.2, 0) is 0 Å². The number of anilines is 1. The lowest BCUT2D eigenvalue weighted by Gasteiger charge is -2.11. The Hall–Kier alpha value is -1.22. The predicted molar refractivity (Wildman–Crippen MR) is 64.1 cm³/mol. The minimum Gasteiger partial charge on any atom is -0.492 e. The molecule has 3 heteroatoms. The van der Waals surface area contributed by atoms with E-state index in [-0.39, 0.29) is 0 Å². The summed E-state index contributed by atoms with van der Waals surface area (Å²) >= 11 is 0. The van der Waals surface area contributed by atoms with E-state index in [1.165, 1.54) is 0 Å². The Balaban J connectivity index is 2.17. The molecule has 1 aromatic carbocycles. The Morgan fingerprint density at radius 3 is 2.60 bits per heavy atom. The molecule has 15 heavy (non-hydrogen) atoms. The van der Waals surface area contributed by atoms with E-state index >= 15 is 0 Å². The molecule has 0 spiro atoms. The average Bonchev–Trinajstić information content (AvgIpc) is 2.26. The van der Waals surface area contributed by atoms with Crippen molar-refractivity contribution in [1.82, 2.24) is 5.32 Å². The molecule has 0 amide bonds. The number of hydrogen-bond acceptors (Lipinski definition) is 3. The molecule has 0 aliphatic rings. The molecule has 0 aliphatic carbocycles. The van der Waals surface area contributed by atoms with Crippen LogP contribution in [0.3, 0.4) is 0 Å². The maximum Gasteiger partial charge on any atom is 0.119 e. The van der Waals surface area contributed by atoms with Crippen molar-refractivity contribution in [3.05, 3.63) is 24.3 Å². The molecule has 0 saturated carbocycles. The molecule has 0 aromatic heterocycles. The lowest BCUT2D eigenvalue weighted by atomic mass is 10.3. The molecule has 84 valence electrons. The maximum absolute atomic E-state index is 5.57. The predicted octanol–water partition coefficient (Wildman–Crippen LogP) is 2.04. The van der Waals surface area contributed by atoms with Crippen molar-refractivity contribution in [2.24, 2.45) is 0 Å². The summed E-state index contributed by atoms with van der Waals surface area (Å²) in [5.74, 6) is 0.871. The fourth-order valence-electron chi connectivity index (χ4n) is 1.18. The monoisotopic (exact) mass is 208 g/mol. The smallest absolute Gasteiger partial charge is 0.119 e. The van der Waals surface area contributed by atoms with Gasteiger partial charge in [-0.3, -0.25) is 0 Å². The van der Waals surface area contributed by atoms with Crippen LogP contribution in [0.15, 0.2) is 24.3 Å². The van der Waals surface area contributed by atoms with Crippen molar-refractivity contribution in [3.8, 4) is 5.75 Å². The molecule has 1 atom stereocenters. The van der Waals surface area contributed by atoms with Gasteiger partial charge in [0.05, 0.1) is 0 Å². The van der Waals surface area contributed by atoms with Crippen LogP contribution in [0.4, 0.5) is 5.69 Å². The first-order valence-corrected chi connectivity index (χ1v) is 5.44. The van der Waals surface area contributed by atoms with Crippen LogP contribution in [0, 0.1) is 0 Å². The van der Waals surface area contributed by atoms with Gasteiger partial charge < -0.3 is 15.8 Å². The largest absolute Gasteiger partial charge is 0.492 e. The molecule has 0 heterocycles. The number of ether oxygens (including phenoxy) is 1. The van der Waals surface area contributed by atoms with Crippen LogP contribution in [0.25, 0.3) is 0 Å². The molecule has 3 N–H and O–H groups in total. The molecular weight excluding hydrogens is 188 g/mol. The fraction of sp³-hybridized carbons (Fsp3) is 0.500. The molecule has 0 radical (unpaired) electrons. The number of nitrogens with one attached hydrogen (secondary N) is 1. The van der Waals surface area contributed by atoms with E-state index in [0.29, 0.717) is 12.6 Å². The van der Waals surface area contributed by atoms with Gasteiger partial charge in [-0.15, -0.1) is 0 Å². The minimum atomic E-state index is 0.556. The maximum atomic E-state index is 5.57. The summed E-state index contributed by atoms with van der Waals surface area (Å²) in [5, 5.41) is 3.36. The first-order chi connectivity index (χ1) is 7.22. The van der Waals surface area contributed by atoms with Gasteiger partial charge in [0, 0.05) is 18.3 Å². The van der Waals surface area contributed by atoms with Crippen molar-refractivity contribution in [1.29, 1.82) is 0 Å². The highest BCUT2D eigenvalue weighted by Crippen LogP contribution is 2.12. The van der Waals surface area contributed by atoms with Crippen molar-refractivity contribution in [3.63, 3.8) is 0 Å². The number of rotatable bonds is 6. The lowest BCUT2D eigenvalue weighted by Crippen LogP contribution is -2.29. The first kappa shape index (κ1) is 11.9. The van der Waals surface area contributed by atoms with Crippen LogP contribution in [-0.4, -0.2) is 19.2 Å². The number of benzene rings is 1. The van der Waals surface area contributed by atoms with Gasteiger partial charge in [0.2, 0.25) is 0 Å². The zero-order chi connectivity index (χ0) is 11.1. The zero-order valence-electron chi connectivity index (χ0n) is 9.49. The summed E-state index contributed by atoms with van der Waals surface area (Å²) in [6.45, 7) is 5.90. The molecule has 0 fully saturated rings. The summed E-state index contributed by atoms with van der Waals surface area (Å²) in [6, 6.07) is 8.02. The molecule has 3 nitrogen and oxygen atoms in total. The highest BCUT2D eigenvalue weighted by Gasteiger charge is 1.97. The van der Waals surface area contributed by atoms with Gasteiger partial charge in [-0.25, -0.2) is 0 Å². The summed E-state index contributed by atoms with van der Waals surface area (Å²) in [4.78, 5) is 0. The molecule has 1 unspecified atom stereocenters. The van der Waals surface area contributed by atoms with Crippen LogP contribution >= 0.6 is 0 Å². The van der Waals surface area contributed by atoms with Crippen LogP contribution in [0.1, 0.15) is 20.3 Å². The van der Waals surface area contributed by atoms with Gasteiger partial charge in [-0.2, -0.15) is 0 Å². The summed E-state index contributed by atoms with van der Waals surface area (Å²) in [6.07, 6.45) is 1.14. The van der Waals surface area contributed by atoms with E-state index in [0.717, 1.165) is 24.4 Å². The normalized spacial score (nSPS) is 12.4. The molecule has 0 aliphatic heterocycles. The standard InChI is InChI=1S/C12H20N2O/c1-3-10(2)14-8-9-15-12-6-4-11(13)5-7-12/h4-7,10,14H,3,8-9,13H2,1-2H3. The van der Waals surface area contributed by atoms with Gasteiger partial charge >= 0.3 is 0 Å². The highest BCUT2D eigenvalue weighted by atomic mass is 16.5. The van der Waals surface area contributed by atoms with Crippen molar-refractivity contribution < 1.29 is 4.74 Å². The van der Waals surface area contributed by atoms with Crippen LogP contribution in [0.5, 0.6) is 5.75 Å². The third-order valence-electron chi connectivity index (χ3n) is 2.36.